The molecular weight excluding hydrogens is 402 g/mol. The van der Waals surface area contributed by atoms with E-state index in [2.05, 4.69) is 46.4 Å². The molecule has 1 unspecified atom stereocenters. The lowest BCUT2D eigenvalue weighted by Gasteiger charge is -2.16. The number of aliphatic hydroxyl groups is 1. The number of aliphatic hydroxyl groups excluding tert-OH is 1. The van der Waals surface area contributed by atoms with Gasteiger partial charge in [-0.3, -0.25) is 0 Å². The van der Waals surface area contributed by atoms with E-state index in [-0.39, 0.29) is 0 Å². The first-order valence-electron chi connectivity index (χ1n) is 9.03. The maximum Gasteiger partial charge on any atom is 0.124 e. The molecule has 0 bridgehead atoms. The Morgan fingerprint density at radius 1 is 0.963 bits per heavy atom. The molecule has 0 saturated heterocycles. The van der Waals surface area contributed by atoms with Gasteiger partial charge in [0.05, 0.1) is 6.10 Å². The van der Waals surface area contributed by atoms with Crippen LogP contribution in [0.5, 0.6) is 5.75 Å². The minimum atomic E-state index is -0.533. The molecule has 0 heterocycles. The number of rotatable bonds is 8. The monoisotopic (exact) mass is 425 g/mol. The summed E-state index contributed by atoms with van der Waals surface area (Å²) in [7, 11) is 0. The number of nitrogens with one attached hydrogen (secondary N) is 1. The molecule has 3 rings (SSSR count). The first-order chi connectivity index (χ1) is 13.1. The van der Waals surface area contributed by atoms with Gasteiger partial charge in [-0.1, -0.05) is 70.5 Å². The van der Waals surface area contributed by atoms with Crippen LogP contribution in [-0.2, 0) is 13.2 Å². The van der Waals surface area contributed by atoms with Crippen LogP contribution in [-0.4, -0.2) is 11.7 Å². The number of benzene rings is 3. The van der Waals surface area contributed by atoms with Gasteiger partial charge >= 0.3 is 0 Å². The van der Waals surface area contributed by atoms with Crippen molar-refractivity contribution < 1.29 is 9.84 Å². The van der Waals surface area contributed by atoms with Gasteiger partial charge in [-0.2, -0.15) is 0 Å². The molecule has 0 spiro atoms. The third-order valence-electron chi connectivity index (χ3n) is 4.50. The fourth-order valence-electron chi connectivity index (χ4n) is 2.89. The smallest absolute Gasteiger partial charge is 0.124 e. The second-order valence-corrected chi connectivity index (χ2v) is 7.44. The normalized spacial score (nSPS) is 12.0. The maximum atomic E-state index is 10.3. The fourth-order valence-corrected chi connectivity index (χ4v) is 3.30. The quantitative estimate of drug-likeness (QED) is 0.523. The highest BCUT2D eigenvalue weighted by Crippen LogP contribution is 2.25. The first-order valence-corrected chi connectivity index (χ1v) is 9.82. The predicted molar refractivity (Wildman–Crippen MR) is 113 cm³/mol. The van der Waals surface area contributed by atoms with Crippen LogP contribution >= 0.6 is 15.9 Å². The molecule has 0 radical (unpaired) electrons. The van der Waals surface area contributed by atoms with Crippen molar-refractivity contribution in [3.63, 3.8) is 0 Å². The number of hydrogen-bond acceptors (Lipinski definition) is 3. The van der Waals surface area contributed by atoms with Crippen LogP contribution in [0.4, 0.5) is 0 Å². The molecule has 3 aromatic carbocycles. The van der Waals surface area contributed by atoms with Crippen molar-refractivity contribution in [1.29, 1.82) is 0 Å². The van der Waals surface area contributed by atoms with Gasteiger partial charge in [-0.05, 0) is 41.8 Å². The van der Waals surface area contributed by atoms with Crippen LogP contribution in [0, 0.1) is 6.92 Å². The minimum Gasteiger partial charge on any atom is -0.489 e. The standard InChI is InChI=1S/C23H24BrNO2/c1-17-7-5-6-10-19(17)16-27-23-12-11-21(24)13-20(23)14-25-15-22(26)18-8-3-2-4-9-18/h2-13,22,25-26H,14-16H2,1H3. The van der Waals surface area contributed by atoms with E-state index in [0.29, 0.717) is 19.7 Å². The molecule has 0 aliphatic carbocycles. The second-order valence-electron chi connectivity index (χ2n) is 6.52. The Kier molecular flexibility index (Phi) is 7.04. The molecule has 27 heavy (non-hydrogen) atoms. The predicted octanol–water partition coefficient (Wildman–Crippen LogP) is 5.16. The molecule has 0 aliphatic rings. The Morgan fingerprint density at radius 2 is 1.70 bits per heavy atom. The van der Waals surface area contributed by atoms with Crippen molar-refractivity contribution >= 4 is 15.9 Å². The molecule has 0 aromatic heterocycles. The number of aryl methyl sites for hydroxylation is 1. The topological polar surface area (TPSA) is 41.5 Å². The van der Waals surface area contributed by atoms with Gasteiger partial charge in [0, 0.05) is 23.1 Å². The van der Waals surface area contributed by atoms with E-state index in [9.17, 15) is 5.11 Å². The summed E-state index contributed by atoms with van der Waals surface area (Å²) in [6.45, 7) is 3.72. The lowest BCUT2D eigenvalue weighted by molar-refractivity contribution is 0.174. The number of halogens is 1. The van der Waals surface area contributed by atoms with Gasteiger partial charge in [0.25, 0.3) is 0 Å². The summed E-state index contributed by atoms with van der Waals surface area (Å²) >= 11 is 3.53. The van der Waals surface area contributed by atoms with E-state index in [4.69, 9.17) is 4.74 Å². The highest BCUT2D eigenvalue weighted by Gasteiger charge is 2.09. The van der Waals surface area contributed by atoms with Crippen molar-refractivity contribution in [3.8, 4) is 5.75 Å². The largest absolute Gasteiger partial charge is 0.489 e. The molecule has 2 N–H and O–H groups in total. The van der Waals surface area contributed by atoms with Gasteiger partial charge in [0.1, 0.15) is 12.4 Å². The van der Waals surface area contributed by atoms with E-state index in [1.165, 1.54) is 11.1 Å². The van der Waals surface area contributed by atoms with Crippen molar-refractivity contribution in [2.45, 2.75) is 26.2 Å². The van der Waals surface area contributed by atoms with E-state index in [0.717, 1.165) is 21.3 Å². The highest BCUT2D eigenvalue weighted by molar-refractivity contribution is 9.10. The highest BCUT2D eigenvalue weighted by atomic mass is 79.9. The van der Waals surface area contributed by atoms with E-state index in [1.807, 2.05) is 54.6 Å². The van der Waals surface area contributed by atoms with Crippen LogP contribution in [0.1, 0.15) is 28.4 Å². The molecule has 3 nitrogen and oxygen atoms in total. The summed E-state index contributed by atoms with van der Waals surface area (Å²) in [5, 5.41) is 13.6. The van der Waals surface area contributed by atoms with Gasteiger partial charge in [0.2, 0.25) is 0 Å². The lowest BCUT2D eigenvalue weighted by atomic mass is 10.1. The summed E-state index contributed by atoms with van der Waals surface area (Å²) in [4.78, 5) is 0. The van der Waals surface area contributed by atoms with Crippen LogP contribution in [0.2, 0.25) is 0 Å². The van der Waals surface area contributed by atoms with E-state index < -0.39 is 6.10 Å². The van der Waals surface area contributed by atoms with E-state index >= 15 is 0 Å². The summed E-state index contributed by atoms with van der Waals surface area (Å²) in [5.74, 6) is 0.850. The number of ether oxygens (including phenoxy) is 1. The first kappa shape index (κ1) is 19.6. The average Bonchev–Trinajstić information content (AvgIpc) is 2.69. The summed E-state index contributed by atoms with van der Waals surface area (Å²) in [6, 6.07) is 23.9. The Bertz CT molecular complexity index is 867. The van der Waals surface area contributed by atoms with Crippen LogP contribution in [0.15, 0.2) is 77.3 Å². The van der Waals surface area contributed by atoms with Crippen molar-refractivity contribution in [2.75, 3.05) is 6.54 Å². The Morgan fingerprint density at radius 3 is 2.48 bits per heavy atom. The minimum absolute atomic E-state index is 0.480. The van der Waals surface area contributed by atoms with Crippen molar-refractivity contribution in [3.05, 3.63) is 99.5 Å². The Labute approximate surface area is 169 Å². The molecule has 0 fully saturated rings. The molecule has 0 amide bonds. The second kappa shape index (κ2) is 9.70. The lowest BCUT2D eigenvalue weighted by Crippen LogP contribution is -2.21. The van der Waals surface area contributed by atoms with Crippen LogP contribution in [0.25, 0.3) is 0 Å². The zero-order valence-electron chi connectivity index (χ0n) is 15.4. The average molecular weight is 426 g/mol. The van der Waals surface area contributed by atoms with Gasteiger partial charge < -0.3 is 15.2 Å². The Balaban J connectivity index is 1.61. The Hall–Kier alpha value is -2.14. The zero-order valence-corrected chi connectivity index (χ0v) is 16.9. The summed E-state index contributed by atoms with van der Waals surface area (Å²) in [5.41, 5.74) is 4.37. The van der Waals surface area contributed by atoms with E-state index in [1.54, 1.807) is 0 Å². The fraction of sp³-hybridized carbons (Fsp3) is 0.217. The van der Waals surface area contributed by atoms with Gasteiger partial charge in [0.15, 0.2) is 0 Å². The molecule has 4 heteroatoms. The third kappa shape index (κ3) is 5.67. The van der Waals surface area contributed by atoms with Crippen LogP contribution < -0.4 is 10.1 Å². The zero-order chi connectivity index (χ0) is 19.1. The van der Waals surface area contributed by atoms with Gasteiger partial charge in [-0.15, -0.1) is 0 Å². The summed E-state index contributed by atoms with van der Waals surface area (Å²) in [6.07, 6.45) is -0.533. The van der Waals surface area contributed by atoms with Crippen molar-refractivity contribution in [2.24, 2.45) is 0 Å². The number of hydrogen-bond donors (Lipinski definition) is 2. The molecule has 0 aliphatic heterocycles. The van der Waals surface area contributed by atoms with Crippen molar-refractivity contribution in [1.82, 2.24) is 5.32 Å². The summed E-state index contributed by atoms with van der Waals surface area (Å²) < 4.78 is 7.08. The molecular formula is C23H24BrNO2. The maximum absolute atomic E-state index is 10.3. The SMILES string of the molecule is Cc1ccccc1COc1ccc(Br)cc1CNCC(O)c1ccccc1. The molecule has 3 aromatic rings. The molecule has 140 valence electrons. The third-order valence-corrected chi connectivity index (χ3v) is 5.00. The van der Waals surface area contributed by atoms with Gasteiger partial charge in [-0.25, -0.2) is 0 Å². The van der Waals surface area contributed by atoms with Crippen LogP contribution in [0.3, 0.4) is 0 Å². The molecule has 1 atom stereocenters. The molecule has 0 saturated carbocycles.